The highest BCUT2D eigenvalue weighted by Crippen LogP contribution is 2.32. The molecular formula is C15H17NO5. The number of carbonyl (C=O) groups is 1. The molecule has 6 nitrogen and oxygen atoms in total. The predicted molar refractivity (Wildman–Crippen MR) is 77.3 cm³/mol. The molecule has 0 fully saturated rings. The number of nitrogens with one attached hydrogen (secondary N) is 1. The van der Waals surface area contributed by atoms with E-state index >= 15 is 0 Å². The minimum absolute atomic E-state index is 0.0868. The van der Waals surface area contributed by atoms with Gasteiger partial charge >= 0.3 is 5.97 Å². The van der Waals surface area contributed by atoms with Gasteiger partial charge in [0.2, 0.25) is 5.76 Å². The summed E-state index contributed by atoms with van der Waals surface area (Å²) in [4.78, 5) is 10.8. The molecule has 21 heavy (non-hydrogen) atoms. The lowest BCUT2D eigenvalue weighted by atomic mass is 10.2. The number of aromatic carboxylic acids is 1. The van der Waals surface area contributed by atoms with Crippen molar-refractivity contribution < 1.29 is 23.8 Å². The van der Waals surface area contributed by atoms with Crippen LogP contribution in [0, 0.1) is 0 Å². The van der Waals surface area contributed by atoms with E-state index < -0.39 is 5.97 Å². The first kappa shape index (κ1) is 14.8. The Bertz CT molecular complexity index is 635. The molecule has 0 saturated carbocycles. The Morgan fingerprint density at radius 2 is 2.00 bits per heavy atom. The molecule has 0 aliphatic heterocycles. The molecule has 0 bridgehead atoms. The molecule has 0 aliphatic carbocycles. The zero-order valence-electron chi connectivity index (χ0n) is 12.0. The van der Waals surface area contributed by atoms with Crippen molar-refractivity contribution in [3.8, 4) is 11.5 Å². The average Bonchev–Trinajstić information content (AvgIpc) is 2.97. The van der Waals surface area contributed by atoms with Gasteiger partial charge in [0.05, 0.1) is 25.9 Å². The number of carboxylic acids is 1. The van der Waals surface area contributed by atoms with Crippen LogP contribution < -0.4 is 14.8 Å². The van der Waals surface area contributed by atoms with Crippen molar-refractivity contribution in [1.29, 1.82) is 0 Å². The van der Waals surface area contributed by atoms with Crippen molar-refractivity contribution in [3.63, 3.8) is 0 Å². The van der Waals surface area contributed by atoms with Gasteiger partial charge in [-0.25, -0.2) is 4.79 Å². The van der Waals surface area contributed by atoms with Gasteiger partial charge in [0.15, 0.2) is 0 Å². The maximum absolute atomic E-state index is 10.8. The molecule has 2 aromatic rings. The summed E-state index contributed by atoms with van der Waals surface area (Å²) >= 11 is 0. The molecule has 1 atom stereocenters. The summed E-state index contributed by atoms with van der Waals surface area (Å²) in [6.07, 6.45) is 0. The Morgan fingerprint density at radius 1 is 1.24 bits per heavy atom. The Hall–Kier alpha value is -2.63. The number of ether oxygens (including phenoxy) is 2. The third-order valence-electron chi connectivity index (χ3n) is 3.04. The SMILES string of the molecule is COc1ccc(OC)c(NC(C)c2ccc(C(=O)O)o2)c1. The molecule has 2 N–H and O–H groups in total. The van der Waals surface area contributed by atoms with E-state index in [1.165, 1.54) is 6.07 Å². The molecular weight excluding hydrogens is 274 g/mol. The maximum atomic E-state index is 10.8. The minimum atomic E-state index is -1.09. The second kappa shape index (κ2) is 6.21. The van der Waals surface area contributed by atoms with Crippen LogP contribution in [-0.2, 0) is 0 Å². The maximum Gasteiger partial charge on any atom is 0.371 e. The van der Waals surface area contributed by atoms with Gasteiger partial charge in [0, 0.05) is 6.07 Å². The van der Waals surface area contributed by atoms with Crippen LogP contribution in [0.15, 0.2) is 34.7 Å². The third-order valence-corrected chi connectivity index (χ3v) is 3.04. The highest BCUT2D eigenvalue weighted by molar-refractivity contribution is 5.84. The molecule has 1 aromatic heterocycles. The van der Waals surface area contributed by atoms with Crippen molar-refractivity contribution in [2.45, 2.75) is 13.0 Å². The van der Waals surface area contributed by atoms with Crippen LogP contribution in [0.25, 0.3) is 0 Å². The topological polar surface area (TPSA) is 80.9 Å². The number of carboxylic acid groups (broad SMARTS) is 1. The molecule has 2 rings (SSSR count). The number of benzene rings is 1. The van der Waals surface area contributed by atoms with E-state index in [0.717, 1.165) is 5.69 Å². The summed E-state index contributed by atoms with van der Waals surface area (Å²) < 4.78 is 15.7. The lowest BCUT2D eigenvalue weighted by Gasteiger charge is -2.16. The van der Waals surface area contributed by atoms with Crippen molar-refractivity contribution in [2.75, 3.05) is 19.5 Å². The Kier molecular flexibility index (Phi) is 4.37. The summed E-state index contributed by atoms with van der Waals surface area (Å²) in [5.74, 6) is 0.699. The summed E-state index contributed by atoms with van der Waals surface area (Å²) in [5.41, 5.74) is 0.734. The number of methoxy groups -OCH3 is 2. The zero-order valence-corrected chi connectivity index (χ0v) is 12.0. The number of hydrogen-bond donors (Lipinski definition) is 2. The van der Waals surface area contributed by atoms with Gasteiger partial charge in [0.25, 0.3) is 0 Å². The van der Waals surface area contributed by atoms with Gasteiger partial charge < -0.3 is 24.3 Å². The summed E-state index contributed by atoms with van der Waals surface area (Å²) in [7, 11) is 3.16. The van der Waals surface area contributed by atoms with Crippen LogP contribution >= 0.6 is 0 Å². The second-order valence-corrected chi connectivity index (χ2v) is 4.44. The van der Waals surface area contributed by atoms with E-state index in [2.05, 4.69) is 5.32 Å². The van der Waals surface area contributed by atoms with Crippen LogP contribution in [0.1, 0.15) is 29.3 Å². The largest absolute Gasteiger partial charge is 0.497 e. The fourth-order valence-corrected chi connectivity index (χ4v) is 1.93. The normalized spacial score (nSPS) is 11.8. The first-order valence-electron chi connectivity index (χ1n) is 6.36. The fraction of sp³-hybridized carbons (Fsp3) is 0.267. The van der Waals surface area contributed by atoms with Gasteiger partial charge in [-0.15, -0.1) is 0 Å². The monoisotopic (exact) mass is 291 g/mol. The summed E-state index contributed by atoms with van der Waals surface area (Å²) in [6, 6.07) is 8.23. The number of rotatable bonds is 6. The average molecular weight is 291 g/mol. The van der Waals surface area contributed by atoms with Gasteiger partial charge in [-0.2, -0.15) is 0 Å². The van der Waals surface area contributed by atoms with E-state index in [9.17, 15) is 4.79 Å². The Balaban J connectivity index is 2.21. The minimum Gasteiger partial charge on any atom is -0.497 e. The zero-order chi connectivity index (χ0) is 15.4. The van der Waals surface area contributed by atoms with Crippen LogP contribution in [-0.4, -0.2) is 25.3 Å². The molecule has 0 spiro atoms. The quantitative estimate of drug-likeness (QED) is 0.850. The van der Waals surface area contributed by atoms with Crippen LogP contribution in [0.4, 0.5) is 5.69 Å². The van der Waals surface area contributed by atoms with E-state index in [-0.39, 0.29) is 11.8 Å². The van der Waals surface area contributed by atoms with Crippen molar-refractivity contribution in [1.82, 2.24) is 0 Å². The molecule has 0 amide bonds. The second-order valence-electron chi connectivity index (χ2n) is 4.44. The van der Waals surface area contributed by atoms with E-state index in [1.807, 2.05) is 6.92 Å². The van der Waals surface area contributed by atoms with Crippen LogP contribution in [0.3, 0.4) is 0 Å². The molecule has 0 radical (unpaired) electrons. The van der Waals surface area contributed by atoms with Gasteiger partial charge in [-0.1, -0.05) is 0 Å². The van der Waals surface area contributed by atoms with E-state index in [1.54, 1.807) is 38.5 Å². The lowest BCUT2D eigenvalue weighted by Crippen LogP contribution is -2.07. The summed E-state index contributed by atoms with van der Waals surface area (Å²) in [5, 5.41) is 12.1. The van der Waals surface area contributed by atoms with Crippen molar-refractivity contribution in [2.24, 2.45) is 0 Å². The summed E-state index contributed by atoms with van der Waals surface area (Å²) in [6.45, 7) is 1.86. The first-order chi connectivity index (χ1) is 10.0. The van der Waals surface area contributed by atoms with E-state index in [4.69, 9.17) is 19.0 Å². The molecule has 0 aliphatic rings. The molecule has 1 heterocycles. The number of hydrogen-bond acceptors (Lipinski definition) is 5. The smallest absolute Gasteiger partial charge is 0.371 e. The highest BCUT2D eigenvalue weighted by atomic mass is 16.5. The highest BCUT2D eigenvalue weighted by Gasteiger charge is 2.16. The van der Waals surface area contributed by atoms with E-state index in [0.29, 0.717) is 17.3 Å². The number of anilines is 1. The Labute approximate surface area is 122 Å². The molecule has 1 unspecified atom stereocenters. The third kappa shape index (κ3) is 3.28. The molecule has 112 valence electrons. The molecule has 0 saturated heterocycles. The number of furan rings is 1. The standard InChI is InChI=1S/C15H17NO5/c1-9(12-6-7-14(21-12)15(17)18)16-11-8-10(19-2)4-5-13(11)20-3/h4-9,16H,1-3H3,(H,17,18). The van der Waals surface area contributed by atoms with Gasteiger partial charge in [0.1, 0.15) is 17.3 Å². The Morgan fingerprint density at radius 3 is 2.57 bits per heavy atom. The lowest BCUT2D eigenvalue weighted by molar-refractivity contribution is 0.0660. The van der Waals surface area contributed by atoms with Crippen LogP contribution in [0.2, 0.25) is 0 Å². The molecule has 1 aromatic carbocycles. The predicted octanol–water partition coefficient (Wildman–Crippen LogP) is 3.17. The first-order valence-corrected chi connectivity index (χ1v) is 6.36. The van der Waals surface area contributed by atoms with Gasteiger partial charge in [-0.3, -0.25) is 0 Å². The van der Waals surface area contributed by atoms with Gasteiger partial charge in [-0.05, 0) is 31.2 Å². The molecule has 6 heteroatoms. The fourth-order valence-electron chi connectivity index (χ4n) is 1.93. The van der Waals surface area contributed by atoms with Crippen molar-refractivity contribution in [3.05, 3.63) is 41.9 Å². The van der Waals surface area contributed by atoms with Crippen LogP contribution in [0.5, 0.6) is 11.5 Å². The van der Waals surface area contributed by atoms with Crippen molar-refractivity contribution >= 4 is 11.7 Å².